The van der Waals surface area contributed by atoms with Crippen molar-refractivity contribution in [2.75, 3.05) is 11.9 Å². The first-order valence-corrected chi connectivity index (χ1v) is 6.72. The van der Waals surface area contributed by atoms with Crippen LogP contribution in [-0.2, 0) is 17.8 Å². The van der Waals surface area contributed by atoms with Crippen LogP contribution in [0.3, 0.4) is 0 Å². The summed E-state index contributed by atoms with van der Waals surface area (Å²) in [6.07, 6.45) is 3.91. The van der Waals surface area contributed by atoms with Crippen molar-refractivity contribution in [3.05, 3.63) is 42.0 Å². The van der Waals surface area contributed by atoms with Crippen LogP contribution in [0.1, 0.15) is 24.1 Å². The molecule has 0 saturated heterocycles. The lowest BCUT2D eigenvalue weighted by Gasteiger charge is -2.21. The molecule has 1 aliphatic heterocycles. The Morgan fingerprint density at radius 3 is 3.20 bits per heavy atom. The molecule has 2 aromatic rings. The van der Waals surface area contributed by atoms with Gasteiger partial charge in [0, 0.05) is 12.2 Å². The number of hydrogen-bond acceptors (Lipinski definition) is 4. The molecule has 6 heteroatoms. The van der Waals surface area contributed by atoms with Crippen LogP contribution in [0.4, 0.5) is 5.69 Å². The van der Waals surface area contributed by atoms with Gasteiger partial charge in [0.15, 0.2) is 0 Å². The summed E-state index contributed by atoms with van der Waals surface area (Å²) in [6.45, 7) is 3.61. The molecule has 104 valence electrons. The van der Waals surface area contributed by atoms with Crippen LogP contribution in [0, 0.1) is 0 Å². The quantitative estimate of drug-likeness (QED) is 0.877. The number of aromatic nitrogens is 3. The summed E-state index contributed by atoms with van der Waals surface area (Å²) in [6, 6.07) is 5.64. The Hall–Kier alpha value is -2.21. The molecule has 2 N–H and O–H groups in total. The van der Waals surface area contributed by atoms with Crippen molar-refractivity contribution in [3.8, 4) is 0 Å². The van der Waals surface area contributed by atoms with Gasteiger partial charge < -0.3 is 10.6 Å². The van der Waals surface area contributed by atoms with Crippen molar-refractivity contribution >= 4 is 11.6 Å². The minimum atomic E-state index is -0.380. The highest BCUT2D eigenvalue weighted by atomic mass is 16.2. The number of carbonyl (C=O) groups excluding carboxylic acids is 1. The summed E-state index contributed by atoms with van der Waals surface area (Å²) in [5, 5.41) is 10.3. The third kappa shape index (κ3) is 2.42. The van der Waals surface area contributed by atoms with E-state index >= 15 is 0 Å². The maximum atomic E-state index is 12.3. The third-order valence-corrected chi connectivity index (χ3v) is 3.61. The Morgan fingerprint density at radius 2 is 2.40 bits per heavy atom. The number of hydrogen-bond donors (Lipinski definition) is 2. The predicted molar refractivity (Wildman–Crippen MR) is 75.2 cm³/mol. The molecule has 3 rings (SSSR count). The van der Waals surface area contributed by atoms with E-state index in [2.05, 4.69) is 26.8 Å². The van der Waals surface area contributed by atoms with Crippen molar-refractivity contribution in [2.45, 2.75) is 25.9 Å². The number of benzene rings is 1. The standard InChI is InChI=1S/C14H17N5O/c1-10(19-9-16-8-17-19)14(20)18-13-4-2-3-11-7-15-6-5-12(11)13/h2-4,8-10,15H,5-7H2,1H3,(H,18,20). The molecule has 1 unspecified atom stereocenters. The molecular formula is C14H17N5O. The lowest BCUT2D eigenvalue weighted by atomic mass is 9.99. The highest BCUT2D eigenvalue weighted by Gasteiger charge is 2.18. The Morgan fingerprint density at radius 1 is 1.50 bits per heavy atom. The number of rotatable bonds is 3. The smallest absolute Gasteiger partial charge is 0.249 e. The fraction of sp³-hybridized carbons (Fsp3) is 0.357. The molecule has 1 aromatic carbocycles. The van der Waals surface area contributed by atoms with Gasteiger partial charge in [0.2, 0.25) is 5.91 Å². The van der Waals surface area contributed by atoms with E-state index in [1.54, 1.807) is 17.9 Å². The van der Waals surface area contributed by atoms with Gasteiger partial charge >= 0.3 is 0 Å². The van der Waals surface area contributed by atoms with Crippen LogP contribution in [0.2, 0.25) is 0 Å². The maximum Gasteiger partial charge on any atom is 0.249 e. The van der Waals surface area contributed by atoms with E-state index < -0.39 is 0 Å². The Bertz CT molecular complexity index is 608. The van der Waals surface area contributed by atoms with E-state index in [1.165, 1.54) is 17.5 Å². The van der Waals surface area contributed by atoms with Gasteiger partial charge in [-0.05, 0) is 37.1 Å². The normalized spacial score (nSPS) is 15.4. The maximum absolute atomic E-state index is 12.3. The topological polar surface area (TPSA) is 71.8 Å². The lowest BCUT2D eigenvalue weighted by molar-refractivity contribution is -0.119. The summed E-state index contributed by atoms with van der Waals surface area (Å²) in [5.74, 6) is -0.0811. The molecular weight excluding hydrogens is 254 g/mol. The van der Waals surface area contributed by atoms with Gasteiger partial charge in [0.1, 0.15) is 18.7 Å². The number of fused-ring (bicyclic) bond motifs is 1. The average Bonchev–Trinajstić information content (AvgIpc) is 3.01. The molecule has 1 atom stereocenters. The van der Waals surface area contributed by atoms with Crippen molar-refractivity contribution < 1.29 is 4.79 Å². The van der Waals surface area contributed by atoms with E-state index in [9.17, 15) is 4.79 Å². The van der Waals surface area contributed by atoms with Gasteiger partial charge in [-0.25, -0.2) is 9.67 Å². The van der Waals surface area contributed by atoms with E-state index in [0.29, 0.717) is 0 Å². The van der Waals surface area contributed by atoms with E-state index in [-0.39, 0.29) is 11.9 Å². The molecule has 0 saturated carbocycles. The second-order valence-corrected chi connectivity index (χ2v) is 4.91. The van der Waals surface area contributed by atoms with Crippen molar-refractivity contribution in [3.63, 3.8) is 0 Å². The molecule has 20 heavy (non-hydrogen) atoms. The Labute approximate surface area is 117 Å². The monoisotopic (exact) mass is 271 g/mol. The summed E-state index contributed by atoms with van der Waals surface area (Å²) in [4.78, 5) is 16.1. The molecule has 0 aliphatic carbocycles. The second-order valence-electron chi connectivity index (χ2n) is 4.91. The van der Waals surface area contributed by atoms with E-state index in [0.717, 1.165) is 25.2 Å². The zero-order chi connectivity index (χ0) is 13.9. The molecule has 0 bridgehead atoms. The zero-order valence-electron chi connectivity index (χ0n) is 11.3. The zero-order valence-corrected chi connectivity index (χ0v) is 11.3. The van der Waals surface area contributed by atoms with Crippen LogP contribution in [0.15, 0.2) is 30.9 Å². The van der Waals surface area contributed by atoms with E-state index in [1.807, 2.05) is 12.1 Å². The van der Waals surface area contributed by atoms with Crippen LogP contribution >= 0.6 is 0 Å². The summed E-state index contributed by atoms with van der Waals surface area (Å²) in [5.41, 5.74) is 3.38. The molecule has 2 heterocycles. The average molecular weight is 271 g/mol. The largest absolute Gasteiger partial charge is 0.324 e. The third-order valence-electron chi connectivity index (χ3n) is 3.61. The minimum absolute atomic E-state index is 0.0811. The molecule has 0 fully saturated rings. The van der Waals surface area contributed by atoms with Gasteiger partial charge in [-0.15, -0.1) is 0 Å². The molecule has 1 aliphatic rings. The summed E-state index contributed by atoms with van der Waals surface area (Å²) >= 11 is 0. The molecule has 0 radical (unpaired) electrons. The first-order valence-electron chi connectivity index (χ1n) is 6.72. The van der Waals surface area contributed by atoms with E-state index in [4.69, 9.17) is 0 Å². The predicted octanol–water partition coefficient (Wildman–Crippen LogP) is 1.12. The van der Waals surface area contributed by atoms with Crippen molar-refractivity contribution in [1.82, 2.24) is 20.1 Å². The Kier molecular flexibility index (Phi) is 3.47. The number of amides is 1. The molecule has 1 amide bonds. The summed E-state index contributed by atoms with van der Waals surface area (Å²) < 4.78 is 1.55. The number of nitrogens with zero attached hydrogens (tertiary/aromatic N) is 3. The van der Waals surface area contributed by atoms with Crippen LogP contribution in [-0.4, -0.2) is 27.2 Å². The number of nitrogens with one attached hydrogen (secondary N) is 2. The Balaban J connectivity index is 1.79. The van der Waals surface area contributed by atoms with Crippen LogP contribution in [0.25, 0.3) is 0 Å². The first-order chi connectivity index (χ1) is 9.75. The number of anilines is 1. The lowest BCUT2D eigenvalue weighted by Crippen LogP contribution is -2.27. The fourth-order valence-electron chi connectivity index (χ4n) is 2.42. The van der Waals surface area contributed by atoms with Crippen LogP contribution < -0.4 is 10.6 Å². The molecule has 6 nitrogen and oxygen atoms in total. The van der Waals surface area contributed by atoms with Crippen molar-refractivity contribution in [1.29, 1.82) is 0 Å². The van der Waals surface area contributed by atoms with Gasteiger partial charge in [0.25, 0.3) is 0 Å². The summed E-state index contributed by atoms with van der Waals surface area (Å²) in [7, 11) is 0. The highest BCUT2D eigenvalue weighted by Crippen LogP contribution is 2.23. The fourth-order valence-corrected chi connectivity index (χ4v) is 2.42. The first kappa shape index (κ1) is 12.8. The SMILES string of the molecule is CC(C(=O)Nc1cccc2c1CCNC2)n1cncn1. The molecule has 0 spiro atoms. The van der Waals surface area contributed by atoms with Crippen molar-refractivity contribution in [2.24, 2.45) is 0 Å². The van der Waals surface area contributed by atoms with Gasteiger partial charge in [-0.1, -0.05) is 12.1 Å². The van der Waals surface area contributed by atoms with Gasteiger partial charge in [-0.3, -0.25) is 4.79 Å². The van der Waals surface area contributed by atoms with Gasteiger partial charge in [0.05, 0.1) is 0 Å². The number of carbonyl (C=O) groups is 1. The second kappa shape index (κ2) is 5.42. The van der Waals surface area contributed by atoms with Gasteiger partial charge in [-0.2, -0.15) is 5.10 Å². The van der Waals surface area contributed by atoms with Crippen LogP contribution in [0.5, 0.6) is 0 Å². The minimum Gasteiger partial charge on any atom is -0.324 e. The molecule has 1 aromatic heterocycles. The highest BCUT2D eigenvalue weighted by molar-refractivity contribution is 5.94.